The maximum atomic E-state index is 9.04. The highest BCUT2D eigenvalue weighted by Crippen LogP contribution is 2.09. The zero-order valence-corrected chi connectivity index (χ0v) is 12.4. The summed E-state index contributed by atoms with van der Waals surface area (Å²) in [6.07, 6.45) is 2.16. The zero-order valence-electron chi connectivity index (χ0n) is 12.4. The second-order valence-electron chi connectivity index (χ2n) is 4.82. The predicted molar refractivity (Wildman–Crippen MR) is 81.0 cm³/mol. The summed E-state index contributed by atoms with van der Waals surface area (Å²) in [5.74, 6) is 0. The van der Waals surface area contributed by atoms with Gasteiger partial charge in [-0.3, -0.25) is 9.80 Å². The summed E-state index contributed by atoms with van der Waals surface area (Å²) in [7, 11) is 0. The summed E-state index contributed by atoms with van der Waals surface area (Å²) in [4.78, 5) is 4.59. The summed E-state index contributed by atoms with van der Waals surface area (Å²) in [6.45, 7) is 8.63. The van der Waals surface area contributed by atoms with Gasteiger partial charge in [-0.1, -0.05) is 6.92 Å². The molecule has 0 heterocycles. The molecule has 0 saturated heterocycles. The van der Waals surface area contributed by atoms with Crippen molar-refractivity contribution in [2.45, 2.75) is 25.8 Å². The molecule has 6 heteroatoms. The molecule has 0 aliphatic carbocycles. The molecule has 1 unspecified atom stereocenters. The summed E-state index contributed by atoms with van der Waals surface area (Å²) in [5, 5.41) is 9.04. The van der Waals surface area contributed by atoms with Gasteiger partial charge in [0.25, 0.3) is 0 Å². The van der Waals surface area contributed by atoms with Crippen molar-refractivity contribution in [3.63, 3.8) is 0 Å². The lowest BCUT2D eigenvalue weighted by Crippen LogP contribution is -2.43. The number of hydrogen-bond acceptors (Lipinski definition) is 6. The van der Waals surface area contributed by atoms with Gasteiger partial charge in [0.05, 0.1) is 6.61 Å². The summed E-state index contributed by atoms with van der Waals surface area (Å²) >= 11 is 0. The van der Waals surface area contributed by atoms with Crippen LogP contribution in [0.15, 0.2) is 0 Å². The van der Waals surface area contributed by atoms with E-state index in [0.29, 0.717) is 32.2 Å². The van der Waals surface area contributed by atoms with Crippen LogP contribution in [-0.2, 0) is 0 Å². The standard InChI is InChI=1S/C13H33N5O/c1-2-13(18(9-5-15)10-6-16)3-7-17(8-4-14)11-12-19/h13,19H,2-12,14-16H2,1H3. The van der Waals surface area contributed by atoms with E-state index in [9.17, 15) is 0 Å². The van der Waals surface area contributed by atoms with E-state index in [-0.39, 0.29) is 6.61 Å². The molecule has 0 amide bonds. The Kier molecular flexibility index (Phi) is 12.6. The van der Waals surface area contributed by atoms with Gasteiger partial charge in [0.2, 0.25) is 0 Å². The van der Waals surface area contributed by atoms with Crippen molar-refractivity contribution in [1.29, 1.82) is 0 Å². The quantitative estimate of drug-likeness (QED) is 0.330. The Morgan fingerprint density at radius 2 is 1.47 bits per heavy atom. The molecule has 0 saturated carbocycles. The van der Waals surface area contributed by atoms with Gasteiger partial charge < -0.3 is 22.3 Å². The molecule has 0 aliphatic rings. The van der Waals surface area contributed by atoms with Crippen molar-refractivity contribution in [2.75, 3.05) is 59.0 Å². The van der Waals surface area contributed by atoms with Gasteiger partial charge in [0.15, 0.2) is 0 Å². The molecule has 0 aromatic heterocycles. The Morgan fingerprint density at radius 1 is 0.895 bits per heavy atom. The van der Waals surface area contributed by atoms with Crippen LogP contribution in [0, 0.1) is 0 Å². The molecule has 0 fully saturated rings. The second-order valence-corrected chi connectivity index (χ2v) is 4.82. The Bertz CT molecular complexity index is 182. The van der Waals surface area contributed by atoms with E-state index in [2.05, 4.69) is 16.7 Å². The molecule has 116 valence electrons. The Balaban J connectivity index is 4.25. The van der Waals surface area contributed by atoms with Crippen molar-refractivity contribution in [3.05, 3.63) is 0 Å². The first-order valence-electron chi connectivity index (χ1n) is 7.40. The largest absolute Gasteiger partial charge is 0.395 e. The molecular formula is C13H33N5O. The minimum absolute atomic E-state index is 0.187. The Morgan fingerprint density at radius 3 is 1.89 bits per heavy atom. The number of aliphatic hydroxyl groups is 1. The van der Waals surface area contributed by atoms with Gasteiger partial charge >= 0.3 is 0 Å². The summed E-state index contributed by atoms with van der Waals surface area (Å²) in [5.41, 5.74) is 16.9. The zero-order chi connectivity index (χ0) is 14.5. The first-order valence-corrected chi connectivity index (χ1v) is 7.40. The molecule has 1 atom stereocenters. The predicted octanol–water partition coefficient (Wildman–Crippen LogP) is -1.37. The van der Waals surface area contributed by atoms with Crippen LogP contribution in [0.3, 0.4) is 0 Å². The SMILES string of the molecule is CCC(CCN(CCN)CCO)N(CCN)CCN. The fraction of sp³-hybridized carbons (Fsp3) is 1.00. The van der Waals surface area contributed by atoms with E-state index in [4.69, 9.17) is 22.3 Å². The van der Waals surface area contributed by atoms with E-state index in [0.717, 1.165) is 39.0 Å². The minimum Gasteiger partial charge on any atom is -0.395 e. The van der Waals surface area contributed by atoms with E-state index >= 15 is 0 Å². The van der Waals surface area contributed by atoms with Crippen molar-refractivity contribution in [2.24, 2.45) is 17.2 Å². The topological polar surface area (TPSA) is 105 Å². The lowest BCUT2D eigenvalue weighted by molar-refractivity contribution is 0.152. The van der Waals surface area contributed by atoms with Gasteiger partial charge in [-0.2, -0.15) is 0 Å². The third kappa shape index (κ3) is 8.52. The Hall–Kier alpha value is -0.240. The summed E-state index contributed by atoms with van der Waals surface area (Å²) < 4.78 is 0. The molecule has 0 radical (unpaired) electrons. The lowest BCUT2D eigenvalue weighted by Gasteiger charge is -2.32. The van der Waals surface area contributed by atoms with Crippen molar-refractivity contribution < 1.29 is 5.11 Å². The van der Waals surface area contributed by atoms with Gasteiger partial charge in [0, 0.05) is 51.9 Å². The van der Waals surface area contributed by atoms with Crippen molar-refractivity contribution in [3.8, 4) is 0 Å². The average molecular weight is 275 g/mol. The highest BCUT2D eigenvalue weighted by molar-refractivity contribution is 4.73. The maximum Gasteiger partial charge on any atom is 0.0558 e. The molecular weight excluding hydrogens is 242 g/mol. The molecule has 0 aliphatic heterocycles. The number of nitrogens with two attached hydrogens (primary N) is 3. The van der Waals surface area contributed by atoms with Crippen LogP contribution >= 0.6 is 0 Å². The van der Waals surface area contributed by atoms with Crippen molar-refractivity contribution in [1.82, 2.24) is 9.80 Å². The van der Waals surface area contributed by atoms with Gasteiger partial charge in [-0.15, -0.1) is 0 Å². The van der Waals surface area contributed by atoms with Crippen LogP contribution < -0.4 is 17.2 Å². The van der Waals surface area contributed by atoms with E-state index in [1.54, 1.807) is 0 Å². The molecule has 0 rings (SSSR count). The lowest BCUT2D eigenvalue weighted by atomic mass is 10.1. The smallest absolute Gasteiger partial charge is 0.0558 e. The molecule has 0 aromatic carbocycles. The number of nitrogens with zero attached hydrogens (tertiary/aromatic N) is 2. The molecule has 0 bridgehead atoms. The third-order valence-corrected chi connectivity index (χ3v) is 3.46. The van der Waals surface area contributed by atoms with Gasteiger partial charge in [0.1, 0.15) is 0 Å². The fourth-order valence-corrected chi connectivity index (χ4v) is 2.44. The van der Waals surface area contributed by atoms with Crippen LogP contribution in [0.2, 0.25) is 0 Å². The average Bonchev–Trinajstić information content (AvgIpc) is 2.40. The first kappa shape index (κ1) is 18.8. The van der Waals surface area contributed by atoms with E-state index in [1.165, 1.54) is 0 Å². The second kappa shape index (κ2) is 12.8. The molecule has 0 spiro atoms. The highest BCUT2D eigenvalue weighted by Gasteiger charge is 2.16. The molecule has 19 heavy (non-hydrogen) atoms. The van der Waals surface area contributed by atoms with Gasteiger partial charge in [-0.05, 0) is 19.4 Å². The number of aliphatic hydroxyl groups excluding tert-OH is 1. The molecule has 7 N–H and O–H groups in total. The van der Waals surface area contributed by atoms with Crippen LogP contribution in [0.4, 0.5) is 0 Å². The van der Waals surface area contributed by atoms with Gasteiger partial charge in [-0.25, -0.2) is 0 Å². The molecule has 6 nitrogen and oxygen atoms in total. The van der Waals surface area contributed by atoms with Crippen LogP contribution in [-0.4, -0.2) is 79.9 Å². The van der Waals surface area contributed by atoms with Crippen LogP contribution in [0.5, 0.6) is 0 Å². The number of rotatable bonds is 13. The monoisotopic (exact) mass is 275 g/mol. The maximum absolute atomic E-state index is 9.04. The van der Waals surface area contributed by atoms with E-state index in [1.807, 2.05) is 0 Å². The minimum atomic E-state index is 0.187. The van der Waals surface area contributed by atoms with Crippen LogP contribution in [0.1, 0.15) is 19.8 Å². The Labute approximate surface area is 117 Å². The van der Waals surface area contributed by atoms with E-state index < -0.39 is 0 Å². The van der Waals surface area contributed by atoms with Crippen LogP contribution in [0.25, 0.3) is 0 Å². The fourth-order valence-electron chi connectivity index (χ4n) is 2.44. The highest BCUT2D eigenvalue weighted by atomic mass is 16.3. The first-order chi connectivity index (χ1) is 9.23. The molecule has 0 aromatic rings. The summed E-state index contributed by atoms with van der Waals surface area (Å²) in [6, 6.07) is 0.506. The van der Waals surface area contributed by atoms with Crippen molar-refractivity contribution >= 4 is 0 Å². The normalized spacial score (nSPS) is 13.4. The third-order valence-electron chi connectivity index (χ3n) is 3.46. The number of hydrogen-bond donors (Lipinski definition) is 4.